The Balaban J connectivity index is 2.82. The molecule has 90 valence electrons. The summed E-state index contributed by atoms with van der Waals surface area (Å²) in [5.41, 5.74) is 6.60. The highest BCUT2D eigenvalue weighted by molar-refractivity contribution is 5.40. The molecule has 0 aliphatic carbocycles. The summed E-state index contributed by atoms with van der Waals surface area (Å²) in [5.74, 6) is 1.52. The van der Waals surface area contributed by atoms with Gasteiger partial charge in [-0.15, -0.1) is 0 Å². The van der Waals surface area contributed by atoms with Crippen molar-refractivity contribution in [3.8, 4) is 11.5 Å². The van der Waals surface area contributed by atoms with Crippen LogP contribution in [0.3, 0.4) is 0 Å². The highest BCUT2D eigenvalue weighted by atomic mass is 16.5. The fourth-order valence-corrected chi connectivity index (χ4v) is 1.43. The van der Waals surface area contributed by atoms with Crippen LogP contribution < -0.4 is 15.2 Å². The third-order valence-electron chi connectivity index (χ3n) is 2.22. The number of hydrogen-bond donors (Lipinski definition) is 1. The minimum absolute atomic E-state index is 0.0117. The van der Waals surface area contributed by atoms with Gasteiger partial charge in [-0.2, -0.15) is 0 Å². The van der Waals surface area contributed by atoms with Gasteiger partial charge in [0.1, 0.15) is 17.6 Å². The van der Waals surface area contributed by atoms with Crippen molar-refractivity contribution in [1.82, 2.24) is 0 Å². The van der Waals surface area contributed by atoms with E-state index in [1.54, 1.807) is 14.2 Å². The van der Waals surface area contributed by atoms with E-state index in [9.17, 15) is 0 Å². The predicted molar refractivity (Wildman–Crippen MR) is 62.9 cm³/mol. The molecule has 2 N–H and O–H groups in total. The summed E-state index contributed by atoms with van der Waals surface area (Å²) >= 11 is 0. The standard InChI is InChI=1S/C12H19NO3/c1-9(8-14-2)16-12-6-11(15-3)5-4-10(12)7-13/h4-6,9H,7-8,13H2,1-3H3. The maximum Gasteiger partial charge on any atom is 0.128 e. The molecule has 1 aromatic carbocycles. The van der Waals surface area contributed by atoms with E-state index in [2.05, 4.69) is 0 Å². The summed E-state index contributed by atoms with van der Waals surface area (Å²) in [6.45, 7) is 2.93. The molecule has 0 aliphatic heterocycles. The number of methoxy groups -OCH3 is 2. The van der Waals surface area contributed by atoms with Crippen molar-refractivity contribution in [3.63, 3.8) is 0 Å². The third kappa shape index (κ3) is 3.40. The van der Waals surface area contributed by atoms with E-state index in [0.717, 1.165) is 17.1 Å². The lowest BCUT2D eigenvalue weighted by Crippen LogP contribution is -2.19. The second-order valence-electron chi connectivity index (χ2n) is 3.56. The van der Waals surface area contributed by atoms with Gasteiger partial charge in [0, 0.05) is 25.3 Å². The molecule has 1 atom stereocenters. The van der Waals surface area contributed by atoms with Gasteiger partial charge < -0.3 is 19.9 Å². The van der Waals surface area contributed by atoms with Gasteiger partial charge in [0.05, 0.1) is 13.7 Å². The number of hydrogen-bond acceptors (Lipinski definition) is 4. The summed E-state index contributed by atoms with van der Waals surface area (Å²) in [4.78, 5) is 0. The third-order valence-corrected chi connectivity index (χ3v) is 2.22. The van der Waals surface area contributed by atoms with Gasteiger partial charge >= 0.3 is 0 Å². The fraction of sp³-hybridized carbons (Fsp3) is 0.500. The summed E-state index contributed by atoms with van der Waals surface area (Å²) in [5, 5.41) is 0. The molecule has 0 aromatic heterocycles. The van der Waals surface area contributed by atoms with Crippen LogP contribution in [0.1, 0.15) is 12.5 Å². The van der Waals surface area contributed by atoms with Crippen molar-refractivity contribution >= 4 is 0 Å². The van der Waals surface area contributed by atoms with Crippen LogP contribution in [0.4, 0.5) is 0 Å². The van der Waals surface area contributed by atoms with Crippen molar-refractivity contribution in [2.75, 3.05) is 20.8 Å². The molecule has 0 fully saturated rings. The van der Waals surface area contributed by atoms with Gasteiger partial charge in [0.25, 0.3) is 0 Å². The molecule has 16 heavy (non-hydrogen) atoms. The van der Waals surface area contributed by atoms with Crippen molar-refractivity contribution in [3.05, 3.63) is 23.8 Å². The monoisotopic (exact) mass is 225 g/mol. The van der Waals surface area contributed by atoms with Crippen LogP contribution >= 0.6 is 0 Å². The first-order chi connectivity index (χ1) is 7.71. The van der Waals surface area contributed by atoms with Crippen molar-refractivity contribution in [2.24, 2.45) is 5.73 Å². The Morgan fingerprint density at radius 2 is 2.06 bits per heavy atom. The van der Waals surface area contributed by atoms with Gasteiger partial charge in [0.15, 0.2) is 0 Å². The van der Waals surface area contributed by atoms with E-state index >= 15 is 0 Å². The molecule has 0 spiro atoms. The first-order valence-corrected chi connectivity index (χ1v) is 5.23. The maximum absolute atomic E-state index is 5.73. The first-order valence-electron chi connectivity index (χ1n) is 5.23. The smallest absolute Gasteiger partial charge is 0.128 e. The highest BCUT2D eigenvalue weighted by Crippen LogP contribution is 2.25. The normalized spacial score (nSPS) is 12.2. The van der Waals surface area contributed by atoms with E-state index in [1.807, 2.05) is 25.1 Å². The molecule has 0 amide bonds. The largest absolute Gasteiger partial charge is 0.497 e. The van der Waals surface area contributed by atoms with Gasteiger partial charge in [0.2, 0.25) is 0 Å². The van der Waals surface area contributed by atoms with Crippen molar-refractivity contribution < 1.29 is 14.2 Å². The zero-order chi connectivity index (χ0) is 12.0. The molecule has 0 aliphatic rings. The number of ether oxygens (including phenoxy) is 3. The lowest BCUT2D eigenvalue weighted by molar-refractivity contribution is 0.0912. The molecule has 0 heterocycles. The van der Waals surface area contributed by atoms with Crippen LogP contribution in [-0.2, 0) is 11.3 Å². The van der Waals surface area contributed by atoms with E-state index in [-0.39, 0.29) is 6.10 Å². The van der Waals surface area contributed by atoms with Crippen LogP contribution in [0, 0.1) is 0 Å². The Bertz CT molecular complexity index is 328. The van der Waals surface area contributed by atoms with Gasteiger partial charge in [-0.1, -0.05) is 6.07 Å². The lowest BCUT2D eigenvalue weighted by Gasteiger charge is -2.17. The Morgan fingerprint density at radius 3 is 2.62 bits per heavy atom. The molecule has 0 saturated carbocycles. The van der Waals surface area contributed by atoms with Crippen LogP contribution in [-0.4, -0.2) is 26.9 Å². The minimum atomic E-state index is -0.0117. The average Bonchev–Trinajstić information content (AvgIpc) is 2.29. The van der Waals surface area contributed by atoms with Crippen molar-refractivity contribution in [1.29, 1.82) is 0 Å². The van der Waals surface area contributed by atoms with E-state index in [4.69, 9.17) is 19.9 Å². The minimum Gasteiger partial charge on any atom is -0.497 e. The summed E-state index contributed by atoms with van der Waals surface area (Å²) in [6.07, 6.45) is -0.0117. The number of rotatable bonds is 6. The highest BCUT2D eigenvalue weighted by Gasteiger charge is 2.08. The topological polar surface area (TPSA) is 53.7 Å². The average molecular weight is 225 g/mol. The number of benzene rings is 1. The molecule has 0 radical (unpaired) electrons. The predicted octanol–water partition coefficient (Wildman–Crippen LogP) is 1.57. The van der Waals surface area contributed by atoms with Crippen LogP contribution in [0.25, 0.3) is 0 Å². The molecule has 1 rings (SSSR count). The summed E-state index contributed by atoms with van der Waals surface area (Å²) < 4.78 is 15.9. The molecule has 4 heteroatoms. The molecule has 4 nitrogen and oxygen atoms in total. The molecule has 1 aromatic rings. The second kappa shape index (κ2) is 6.35. The molecular weight excluding hydrogens is 206 g/mol. The fourth-order valence-electron chi connectivity index (χ4n) is 1.43. The van der Waals surface area contributed by atoms with Crippen LogP contribution in [0.2, 0.25) is 0 Å². The molecule has 0 saturated heterocycles. The molecular formula is C12H19NO3. The van der Waals surface area contributed by atoms with Crippen LogP contribution in [0.15, 0.2) is 18.2 Å². The Morgan fingerprint density at radius 1 is 1.31 bits per heavy atom. The van der Waals surface area contributed by atoms with E-state index in [0.29, 0.717) is 13.2 Å². The Kier molecular flexibility index (Phi) is 5.08. The molecule has 1 unspecified atom stereocenters. The Labute approximate surface area is 96.3 Å². The van der Waals surface area contributed by atoms with E-state index in [1.165, 1.54) is 0 Å². The lowest BCUT2D eigenvalue weighted by atomic mass is 10.2. The van der Waals surface area contributed by atoms with Gasteiger partial charge in [-0.3, -0.25) is 0 Å². The van der Waals surface area contributed by atoms with Gasteiger partial charge in [-0.05, 0) is 13.0 Å². The quantitative estimate of drug-likeness (QED) is 0.798. The van der Waals surface area contributed by atoms with Crippen LogP contribution in [0.5, 0.6) is 11.5 Å². The number of nitrogens with two attached hydrogens (primary N) is 1. The van der Waals surface area contributed by atoms with Gasteiger partial charge in [-0.25, -0.2) is 0 Å². The Hall–Kier alpha value is -1.26. The second-order valence-corrected chi connectivity index (χ2v) is 3.56. The van der Waals surface area contributed by atoms with E-state index < -0.39 is 0 Å². The first kappa shape index (κ1) is 12.8. The zero-order valence-electron chi connectivity index (χ0n) is 10.0. The van der Waals surface area contributed by atoms with Crippen molar-refractivity contribution in [2.45, 2.75) is 19.6 Å². The SMILES string of the molecule is COCC(C)Oc1cc(OC)ccc1CN. The summed E-state index contributed by atoms with van der Waals surface area (Å²) in [7, 11) is 3.27. The zero-order valence-corrected chi connectivity index (χ0v) is 10.0. The molecule has 0 bridgehead atoms. The maximum atomic E-state index is 5.73. The summed E-state index contributed by atoms with van der Waals surface area (Å²) in [6, 6.07) is 5.62.